The molecule has 0 aliphatic heterocycles. The van der Waals surface area contributed by atoms with Crippen LogP contribution < -0.4 is 5.32 Å². The predicted octanol–water partition coefficient (Wildman–Crippen LogP) is 0.147. The van der Waals surface area contributed by atoms with Gasteiger partial charge in [0.15, 0.2) is 5.82 Å². The molecular weight excluding hydrogens is 204 g/mol. The van der Waals surface area contributed by atoms with Crippen molar-refractivity contribution in [1.82, 2.24) is 29.9 Å². The summed E-state index contributed by atoms with van der Waals surface area (Å²) in [7, 11) is 3.81. The lowest BCUT2D eigenvalue weighted by Gasteiger charge is -2.02. The molecule has 2 aromatic rings. The molecule has 0 fully saturated rings. The standard InChI is InChI=1S/C10H16N6/c1-8-4-9(16(3)13-8)5-11-6-10-12-7-15(2)14-10/h4,7,11H,5-6H2,1-3H3. The summed E-state index contributed by atoms with van der Waals surface area (Å²) < 4.78 is 3.58. The Labute approximate surface area is 94.3 Å². The van der Waals surface area contributed by atoms with Gasteiger partial charge in [0, 0.05) is 20.6 Å². The first-order valence-corrected chi connectivity index (χ1v) is 5.20. The first-order valence-electron chi connectivity index (χ1n) is 5.20. The Morgan fingerprint density at radius 1 is 1.25 bits per heavy atom. The lowest BCUT2D eigenvalue weighted by molar-refractivity contribution is 0.606. The smallest absolute Gasteiger partial charge is 0.164 e. The molecule has 0 saturated carbocycles. The minimum absolute atomic E-state index is 0.672. The monoisotopic (exact) mass is 220 g/mol. The van der Waals surface area contributed by atoms with Gasteiger partial charge < -0.3 is 5.32 Å². The number of aryl methyl sites for hydroxylation is 3. The molecule has 6 heteroatoms. The van der Waals surface area contributed by atoms with Gasteiger partial charge in [0.2, 0.25) is 0 Å². The van der Waals surface area contributed by atoms with Crippen LogP contribution in [0.15, 0.2) is 12.4 Å². The fourth-order valence-corrected chi connectivity index (χ4v) is 1.60. The molecule has 0 bridgehead atoms. The molecule has 1 N–H and O–H groups in total. The molecule has 6 nitrogen and oxygen atoms in total. The first kappa shape index (κ1) is 10.8. The summed E-state index contributed by atoms with van der Waals surface area (Å²) >= 11 is 0. The van der Waals surface area contributed by atoms with Gasteiger partial charge in [-0.1, -0.05) is 0 Å². The van der Waals surface area contributed by atoms with E-state index in [4.69, 9.17) is 0 Å². The van der Waals surface area contributed by atoms with Crippen molar-refractivity contribution in [1.29, 1.82) is 0 Å². The van der Waals surface area contributed by atoms with E-state index in [9.17, 15) is 0 Å². The highest BCUT2D eigenvalue weighted by atomic mass is 15.3. The van der Waals surface area contributed by atoms with Gasteiger partial charge in [0.1, 0.15) is 6.33 Å². The normalized spacial score (nSPS) is 10.9. The second-order valence-electron chi connectivity index (χ2n) is 3.84. The maximum atomic E-state index is 4.28. The fraction of sp³-hybridized carbons (Fsp3) is 0.500. The summed E-state index contributed by atoms with van der Waals surface area (Å²) in [6.45, 7) is 3.43. The number of hydrogen-bond donors (Lipinski definition) is 1. The minimum atomic E-state index is 0.672. The van der Waals surface area contributed by atoms with E-state index in [1.807, 2.05) is 25.7 Å². The number of aromatic nitrogens is 5. The van der Waals surface area contributed by atoms with Gasteiger partial charge in [-0.15, -0.1) is 0 Å². The van der Waals surface area contributed by atoms with Crippen LogP contribution in [-0.4, -0.2) is 24.5 Å². The van der Waals surface area contributed by atoms with Crippen molar-refractivity contribution in [3.8, 4) is 0 Å². The average Bonchev–Trinajstić information content (AvgIpc) is 2.74. The highest BCUT2D eigenvalue weighted by molar-refractivity contribution is 5.08. The van der Waals surface area contributed by atoms with Crippen LogP contribution in [0, 0.1) is 6.92 Å². The second kappa shape index (κ2) is 4.44. The highest BCUT2D eigenvalue weighted by Gasteiger charge is 2.02. The summed E-state index contributed by atoms with van der Waals surface area (Å²) in [6, 6.07) is 2.07. The van der Waals surface area contributed by atoms with Gasteiger partial charge in [-0.2, -0.15) is 10.2 Å². The maximum absolute atomic E-state index is 4.28. The Kier molecular flexibility index (Phi) is 3.00. The lowest BCUT2D eigenvalue weighted by Crippen LogP contribution is -2.16. The summed E-state index contributed by atoms with van der Waals surface area (Å²) in [5, 5.41) is 11.8. The largest absolute Gasteiger partial charge is 0.304 e. The summed E-state index contributed by atoms with van der Waals surface area (Å²) in [5.74, 6) is 0.807. The van der Waals surface area contributed by atoms with Gasteiger partial charge in [-0.05, 0) is 13.0 Å². The molecule has 0 radical (unpaired) electrons. The molecule has 2 heterocycles. The number of nitrogens with zero attached hydrogens (tertiary/aromatic N) is 5. The van der Waals surface area contributed by atoms with E-state index in [2.05, 4.69) is 26.6 Å². The highest BCUT2D eigenvalue weighted by Crippen LogP contribution is 2.01. The van der Waals surface area contributed by atoms with Gasteiger partial charge in [0.25, 0.3) is 0 Å². The third kappa shape index (κ3) is 2.46. The first-order chi connectivity index (χ1) is 7.65. The van der Waals surface area contributed by atoms with E-state index in [1.54, 1.807) is 11.0 Å². The quantitative estimate of drug-likeness (QED) is 0.796. The van der Waals surface area contributed by atoms with E-state index in [0.717, 1.165) is 23.8 Å². The van der Waals surface area contributed by atoms with Crippen LogP contribution in [0.25, 0.3) is 0 Å². The van der Waals surface area contributed by atoms with Crippen LogP contribution in [0.4, 0.5) is 0 Å². The fourth-order valence-electron chi connectivity index (χ4n) is 1.60. The second-order valence-corrected chi connectivity index (χ2v) is 3.84. The SMILES string of the molecule is Cc1cc(CNCc2ncn(C)n2)n(C)n1. The van der Waals surface area contributed by atoms with Crippen LogP contribution in [0.5, 0.6) is 0 Å². The average molecular weight is 220 g/mol. The van der Waals surface area contributed by atoms with E-state index in [0.29, 0.717) is 6.54 Å². The number of nitrogens with one attached hydrogen (secondary N) is 1. The van der Waals surface area contributed by atoms with Crippen LogP contribution in [0.2, 0.25) is 0 Å². The van der Waals surface area contributed by atoms with Crippen LogP contribution >= 0.6 is 0 Å². The Hall–Kier alpha value is -1.69. The predicted molar refractivity (Wildman–Crippen MR) is 59.5 cm³/mol. The van der Waals surface area contributed by atoms with E-state index in [1.165, 1.54) is 0 Å². The van der Waals surface area contributed by atoms with Crippen molar-refractivity contribution in [3.63, 3.8) is 0 Å². The topological polar surface area (TPSA) is 60.6 Å². The Morgan fingerprint density at radius 2 is 2.06 bits per heavy atom. The van der Waals surface area contributed by atoms with Crippen LogP contribution in [0.3, 0.4) is 0 Å². The Morgan fingerprint density at radius 3 is 2.62 bits per heavy atom. The van der Waals surface area contributed by atoms with Crippen molar-refractivity contribution in [3.05, 3.63) is 29.6 Å². The third-order valence-electron chi connectivity index (χ3n) is 2.34. The molecule has 0 atom stereocenters. The zero-order valence-corrected chi connectivity index (χ0v) is 9.80. The summed E-state index contributed by atoms with van der Waals surface area (Å²) in [5.41, 5.74) is 2.20. The molecule has 0 unspecified atom stereocenters. The molecule has 0 aromatic carbocycles. The van der Waals surface area contributed by atoms with Crippen molar-refractivity contribution in [2.45, 2.75) is 20.0 Å². The molecule has 0 saturated heterocycles. The molecular formula is C10H16N6. The molecule has 2 aromatic heterocycles. The van der Waals surface area contributed by atoms with Gasteiger partial charge >= 0.3 is 0 Å². The molecule has 0 aliphatic rings. The Balaban J connectivity index is 1.86. The van der Waals surface area contributed by atoms with Crippen LogP contribution in [0.1, 0.15) is 17.2 Å². The summed E-state index contributed by atoms with van der Waals surface area (Å²) in [4.78, 5) is 4.14. The zero-order valence-electron chi connectivity index (χ0n) is 9.80. The van der Waals surface area contributed by atoms with Gasteiger partial charge in [-0.25, -0.2) is 4.98 Å². The molecule has 0 aliphatic carbocycles. The molecule has 86 valence electrons. The maximum Gasteiger partial charge on any atom is 0.164 e. The number of hydrogen-bond acceptors (Lipinski definition) is 4. The van der Waals surface area contributed by atoms with E-state index >= 15 is 0 Å². The van der Waals surface area contributed by atoms with Crippen molar-refractivity contribution in [2.24, 2.45) is 14.1 Å². The third-order valence-corrected chi connectivity index (χ3v) is 2.34. The minimum Gasteiger partial charge on any atom is -0.304 e. The number of rotatable bonds is 4. The van der Waals surface area contributed by atoms with Crippen LogP contribution in [-0.2, 0) is 27.2 Å². The van der Waals surface area contributed by atoms with Crippen molar-refractivity contribution in [2.75, 3.05) is 0 Å². The van der Waals surface area contributed by atoms with Crippen molar-refractivity contribution >= 4 is 0 Å². The molecule has 0 amide bonds. The van der Waals surface area contributed by atoms with Crippen molar-refractivity contribution < 1.29 is 0 Å². The summed E-state index contributed by atoms with van der Waals surface area (Å²) in [6.07, 6.45) is 1.70. The molecule has 0 spiro atoms. The zero-order chi connectivity index (χ0) is 11.5. The van der Waals surface area contributed by atoms with E-state index in [-0.39, 0.29) is 0 Å². The lowest BCUT2D eigenvalue weighted by atomic mass is 10.3. The van der Waals surface area contributed by atoms with Gasteiger partial charge in [0.05, 0.1) is 17.9 Å². The Bertz CT molecular complexity index is 469. The molecule has 16 heavy (non-hydrogen) atoms. The van der Waals surface area contributed by atoms with E-state index < -0.39 is 0 Å². The molecule has 2 rings (SSSR count). The van der Waals surface area contributed by atoms with Gasteiger partial charge in [-0.3, -0.25) is 9.36 Å².